The minimum atomic E-state index is -1.31. The minimum absolute atomic E-state index is 0.0108. The van der Waals surface area contributed by atoms with E-state index < -0.39 is 59.7 Å². The van der Waals surface area contributed by atoms with Gasteiger partial charge in [-0.1, -0.05) is 30.3 Å². The quantitative estimate of drug-likeness (QED) is 0.0910. The largest absolute Gasteiger partial charge is 0.481 e. The van der Waals surface area contributed by atoms with Crippen LogP contribution in [0.4, 0.5) is 0 Å². The summed E-state index contributed by atoms with van der Waals surface area (Å²) in [5.41, 5.74) is 17.1. The van der Waals surface area contributed by atoms with Gasteiger partial charge in [-0.25, -0.2) is 4.79 Å². The van der Waals surface area contributed by atoms with E-state index in [-0.39, 0.29) is 38.5 Å². The zero-order valence-electron chi connectivity index (χ0n) is 21.6. The fourth-order valence-electron chi connectivity index (χ4n) is 3.60. The third-order valence-electron chi connectivity index (χ3n) is 5.80. The smallest absolute Gasteiger partial charge is 0.326 e. The zero-order valence-corrected chi connectivity index (χ0v) is 21.6. The van der Waals surface area contributed by atoms with E-state index >= 15 is 0 Å². The number of nitrogens with two attached hydrogens (primary N) is 3. The van der Waals surface area contributed by atoms with Crippen molar-refractivity contribution in [3.8, 4) is 0 Å². The van der Waals surface area contributed by atoms with Gasteiger partial charge in [0, 0.05) is 19.3 Å². The summed E-state index contributed by atoms with van der Waals surface area (Å²) in [4.78, 5) is 72.6. The Kier molecular flexibility index (Phi) is 14.8. The molecule has 4 amide bonds. The molecular formula is C25H38N6O8. The molecule has 0 saturated heterocycles. The highest BCUT2D eigenvalue weighted by molar-refractivity contribution is 5.94. The van der Waals surface area contributed by atoms with Crippen molar-refractivity contribution in [2.24, 2.45) is 17.2 Å². The van der Waals surface area contributed by atoms with Crippen LogP contribution in [0.15, 0.2) is 30.3 Å². The number of benzene rings is 1. The van der Waals surface area contributed by atoms with E-state index in [2.05, 4.69) is 16.0 Å². The van der Waals surface area contributed by atoms with E-state index in [1.54, 1.807) is 30.3 Å². The van der Waals surface area contributed by atoms with Gasteiger partial charge in [0.05, 0.1) is 6.04 Å². The van der Waals surface area contributed by atoms with Gasteiger partial charge in [0.25, 0.3) is 0 Å². The minimum Gasteiger partial charge on any atom is -0.481 e. The number of aliphatic carboxylic acids is 2. The molecule has 39 heavy (non-hydrogen) atoms. The molecule has 4 unspecified atom stereocenters. The van der Waals surface area contributed by atoms with Gasteiger partial charge in [0.1, 0.15) is 18.1 Å². The van der Waals surface area contributed by atoms with Crippen molar-refractivity contribution in [3.63, 3.8) is 0 Å². The van der Waals surface area contributed by atoms with Crippen molar-refractivity contribution in [1.29, 1.82) is 0 Å². The van der Waals surface area contributed by atoms with Crippen LogP contribution < -0.4 is 33.2 Å². The first kappa shape index (κ1) is 33.0. The Hall–Kier alpha value is -4.04. The van der Waals surface area contributed by atoms with E-state index in [9.17, 15) is 33.9 Å². The predicted molar refractivity (Wildman–Crippen MR) is 140 cm³/mol. The number of hydrogen-bond acceptors (Lipinski definition) is 8. The van der Waals surface area contributed by atoms with Crippen LogP contribution in [-0.2, 0) is 35.2 Å². The lowest BCUT2D eigenvalue weighted by atomic mass is 10.0. The van der Waals surface area contributed by atoms with Gasteiger partial charge in [0.15, 0.2) is 0 Å². The molecule has 0 bridgehead atoms. The molecule has 0 aliphatic heterocycles. The van der Waals surface area contributed by atoms with Crippen LogP contribution in [0.25, 0.3) is 0 Å². The Balaban J connectivity index is 3.02. The Bertz CT molecular complexity index is 990. The maximum Gasteiger partial charge on any atom is 0.326 e. The predicted octanol–water partition coefficient (Wildman–Crippen LogP) is -1.65. The molecular weight excluding hydrogens is 512 g/mol. The maximum absolute atomic E-state index is 13.1. The van der Waals surface area contributed by atoms with Gasteiger partial charge in [-0.05, 0) is 44.2 Å². The van der Waals surface area contributed by atoms with Gasteiger partial charge < -0.3 is 43.4 Å². The summed E-state index contributed by atoms with van der Waals surface area (Å²) in [7, 11) is 0. The van der Waals surface area contributed by atoms with Crippen molar-refractivity contribution in [1.82, 2.24) is 16.0 Å². The number of unbranched alkanes of at least 4 members (excludes halogenated alkanes) is 1. The van der Waals surface area contributed by atoms with Crippen LogP contribution in [0.1, 0.15) is 50.5 Å². The lowest BCUT2D eigenvalue weighted by Gasteiger charge is -2.25. The molecule has 11 N–H and O–H groups in total. The van der Waals surface area contributed by atoms with Crippen molar-refractivity contribution in [3.05, 3.63) is 35.9 Å². The Labute approximate surface area is 226 Å². The monoisotopic (exact) mass is 550 g/mol. The Morgan fingerprint density at radius 1 is 0.744 bits per heavy atom. The number of nitrogens with one attached hydrogen (secondary N) is 3. The molecule has 0 radical (unpaired) electrons. The summed E-state index contributed by atoms with van der Waals surface area (Å²) in [6, 6.07) is 3.69. The third-order valence-corrected chi connectivity index (χ3v) is 5.80. The van der Waals surface area contributed by atoms with Crippen LogP contribution >= 0.6 is 0 Å². The molecule has 0 fully saturated rings. The second-order valence-corrected chi connectivity index (χ2v) is 9.04. The van der Waals surface area contributed by atoms with E-state index in [0.717, 1.165) is 0 Å². The summed E-state index contributed by atoms with van der Waals surface area (Å²) in [6.07, 6.45) is 0.0671. The second kappa shape index (κ2) is 17.5. The molecule has 1 aromatic rings. The molecule has 1 rings (SSSR count). The summed E-state index contributed by atoms with van der Waals surface area (Å²) >= 11 is 0. The Morgan fingerprint density at radius 3 is 1.85 bits per heavy atom. The number of carboxylic acid groups (broad SMARTS) is 2. The van der Waals surface area contributed by atoms with Gasteiger partial charge in [0.2, 0.25) is 23.6 Å². The first-order valence-corrected chi connectivity index (χ1v) is 12.6. The number of carbonyl (C=O) groups is 6. The van der Waals surface area contributed by atoms with Crippen molar-refractivity contribution >= 4 is 35.6 Å². The zero-order chi connectivity index (χ0) is 29.4. The second-order valence-electron chi connectivity index (χ2n) is 9.04. The first-order chi connectivity index (χ1) is 18.4. The van der Waals surface area contributed by atoms with Crippen LogP contribution in [0.5, 0.6) is 0 Å². The molecule has 0 aliphatic rings. The van der Waals surface area contributed by atoms with E-state index in [0.29, 0.717) is 24.9 Å². The molecule has 216 valence electrons. The molecule has 0 aromatic heterocycles. The number of amides is 4. The summed E-state index contributed by atoms with van der Waals surface area (Å²) in [5.74, 6) is -5.54. The van der Waals surface area contributed by atoms with E-state index in [4.69, 9.17) is 22.3 Å². The number of rotatable bonds is 19. The van der Waals surface area contributed by atoms with Crippen molar-refractivity contribution in [2.75, 3.05) is 6.54 Å². The lowest BCUT2D eigenvalue weighted by molar-refractivity contribution is -0.142. The number of primary amides is 1. The molecule has 14 heteroatoms. The first-order valence-electron chi connectivity index (χ1n) is 12.6. The van der Waals surface area contributed by atoms with Gasteiger partial charge in [-0.15, -0.1) is 0 Å². The van der Waals surface area contributed by atoms with Gasteiger partial charge in [-0.3, -0.25) is 24.0 Å². The van der Waals surface area contributed by atoms with E-state index in [1.807, 2.05) is 0 Å². The fraction of sp³-hybridized carbons (Fsp3) is 0.520. The summed E-state index contributed by atoms with van der Waals surface area (Å²) in [5, 5.41) is 25.8. The molecule has 4 atom stereocenters. The molecule has 14 nitrogen and oxygen atoms in total. The Morgan fingerprint density at radius 2 is 1.31 bits per heavy atom. The van der Waals surface area contributed by atoms with Crippen molar-refractivity contribution < 1.29 is 39.0 Å². The third kappa shape index (κ3) is 13.4. The highest BCUT2D eigenvalue weighted by Crippen LogP contribution is 2.08. The van der Waals surface area contributed by atoms with E-state index in [1.165, 1.54) is 0 Å². The molecule has 1 aromatic carbocycles. The van der Waals surface area contributed by atoms with Crippen LogP contribution in [-0.4, -0.2) is 76.5 Å². The lowest BCUT2D eigenvalue weighted by Crippen LogP contribution is -2.57. The molecule has 0 saturated carbocycles. The number of carboxylic acids is 2. The molecule has 0 spiro atoms. The fourth-order valence-corrected chi connectivity index (χ4v) is 3.60. The SMILES string of the molecule is NCCCCC(NC(=O)C(CCC(N)=O)NC(=O)C(N)CCC(=O)O)C(=O)NC(Cc1ccccc1)C(=O)O. The highest BCUT2D eigenvalue weighted by atomic mass is 16.4. The average molecular weight is 551 g/mol. The standard InChI is InChI=1S/C25H38N6O8/c26-13-5-4-8-17(23(36)31-19(25(38)39)14-15-6-2-1-3-7-15)30-24(37)18(10-11-20(28)32)29-22(35)16(27)9-12-21(33)34/h1-3,6-7,16-19H,4-5,8-14,26-27H2,(H2,28,32)(H,29,35)(H,30,37)(H,31,36)(H,33,34)(H,38,39). The van der Waals surface area contributed by atoms with Gasteiger partial charge >= 0.3 is 11.9 Å². The van der Waals surface area contributed by atoms with Crippen molar-refractivity contribution in [2.45, 2.75) is 75.5 Å². The maximum atomic E-state index is 13.1. The average Bonchev–Trinajstić information content (AvgIpc) is 2.88. The number of carbonyl (C=O) groups excluding carboxylic acids is 4. The topological polar surface area (TPSA) is 257 Å². The van der Waals surface area contributed by atoms with Crippen LogP contribution in [0, 0.1) is 0 Å². The highest BCUT2D eigenvalue weighted by Gasteiger charge is 2.30. The van der Waals surface area contributed by atoms with Crippen LogP contribution in [0.3, 0.4) is 0 Å². The summed E-state index contributed by atoms with van der Waals surface area (Å²) in [6.45, 7) is 0.333. The summed E-state index contributed by atoms with van der Waals surface area (Å²) < 4.78 is 0. The normalized spacial score (nSPS) is 13.8. The van der Waals surface area contributed by atoms with Gasteiger partial charge in [-0.2, -0.15) is 0 Å². The molecule has 0 heterocycles. The molecule has 0 aliphatic carbocycles. The number of hydrogen-bond donors (Lipinski definition) is 8. The van der Waals surface area contributed by atoms with Crippen LogP contribution in [0.2, 0.25) is 0 Å².